The van der Waals surface area contributed by atoms with Gasteiger partial charge in [-0.15, -0.1) is 0 Å². The van der Waals surface area contributed by atoms with Gasteiger partial charge in [-0.2, -0.15) is 5.10 Å². The average Bonchev–Trinajstić information content (AvgIpc) is 3.43. The number of hydrogen-bond donors (Lipinski definition) is 1. The number of aryl methyl sites for hydroxylation is 2. The number of aromatic nitrogens is 3. The molecule has 1 aliphatic heterocycles. The quantitative estimate of drug-likeness (QED) is 0.645. The van der Waals surface area contributed by atoms with Gasteiger partial charge in [0.2, 0.25) is 0 Å². The fourth-order valence-electron chi connectivity index (χ4n) is 4.23. The highest BCUT2D eigenvalue weighted by molar-refractivity contribution is 5.63. The van der Waals surface area contributed by atoms with Crippen LogP contribution in [0.3, 0.4) is 0 Å². The fourth-order valence-corrected chi connectivity index (χ4v) is 4.23. The summed E-state index contributed by atoms with van der Waals surface area (Å²) in [6, 6.07) is 8.56. The van der Waals surface area contributed by atoms with E-state index in [4.69, 9.17) is 9.26 Å². The topological polar surface area (TPSA) is 67.2 Å². The second kappa shape index (κ2) is 8.19. The monoisotopic (exact) mass is 380 g/mol. The molecule has 6 nitrogen and oxygen atoms in total. The van der Waals surface area contributed by atoms with Gasteiger partial charge in [-0.3, -0.25) is 10.00 Å². The average molecular weight is 380 g/mol. The van der Waals surface area contributed by atoms with E-state index in [2.05, 4.69) is 46.2 Å². The number of likely N-dealkylation sites (tertiary alicyclic amines) is 1. The number of benzene rings is 1. The first-order chi connectivity index (χ1) is 13.7. The van der Waals surface area contributed by atoms with Gasteiger partial charge in [-0.25, -0.2) is 0 Å². The Morgan fingerprint density at radius 1 is 1.25 bits per heavy atom. The van der Waals surface area contributed by atoms with Crippen LogP contribution in [0.4, 0.5) is 0 Å². The summed E-state index contributed by atoms with van der Waals surface area (Å²) in [7, 11) is 0. The number of H-pyrrole nitrogens is 1. The van der Waals surface area contributed by atoms with Crippen molar-refractivity contribution in [2.24, 2.45) is 0 Å². The lowest BCUT2D eigenvalue weighted by molar-refractivity contribution is 0.245. The van der Waals surface area contributed by atoms with Crippen LogP contribution in [0.5, 0.6) is 5.75 Å². The summed E-state index contributed by atoms with van der Waals surface area (Å²) in [4.78, 5) is 2.53. The van der Waals surface area contributed by atoms with Crippen LogP contribution in [0.15, 0.2) is 35.0 Å². The molecule has 1 aliphatic rings. The zero-order chi connectivity index (χ0) is 19.5. The molecule has 1 saturated heterocycles. The molecule has 0 unspecified atom stereocenters. The number of nitrogens with zero attached hydrogens (tertiary/aromatic N) is 3. The lowest BCUT2D eigenvalue weighted by atomic mass is 10.0. The summed E-state index contributed by atoms with van der Waals surface area (Å²) < 4.78 is 11.1. The van der Waals surface area contributed by atoms with Gasteiger partial charge in [-0.1, -0.05) is 12.1 Å². The summed E-state index contributed by atoms with van der Waals surface area (Å²) in [5, 5.41) is 11.7. The second-order valence-corrected chi connectivity index (χ2v) is 7.31. The molecular weight excluding hydrogens is 352 g/mol. The predicted octanol–water partition coefficient (Wildman–Crippen LogP) is 4.67. The third kappa shape index (κ3) is 3.56. The number of nitrogens with one attached hydrogen (secondary N) is 1. The maximum Gasteiger partial charge on any atom is 0.141 e. The van der Waals surface area contributed by atoms with Gasteiger partial charge in [-0.05, 0) is 57.5 Å². The molecule has 3 aromatic rings. The molecule has 0 bridgehead atoms. The Balaban J connectivity index is 1.56. The van der Waals surface area contributed by atoms with E-state index in [-0.39, 0.29) is 0 Å². The van der Waals surface area contributed by atoms with Gasteiger partial charge < -0.3 is 9.26 Å². The maximum absolute atomic E-state index is 5.56. The highest BCUT2D eigenvalue weighted by atomic mass is 16.5. The normalized spacial score (nSPS) is 17.3. The van der Waals surface area contributed by atoms with Crippen molar-refractivity contribution < 1.29 is 9.26 Å². The van der Waals surface area contributed by atoms with Crippen molar-refractivity contribution in [3.05, 3.63) is 53.0 Å². The van der Waals surface area contributed by atoms with Gasteiger partial charge in [0, 0.05) is 35.7 Å². The Morgan fingerprint density at radius 3 is 2.82 bits per heavy atom. The van der Waals surface area contributed by atoms with Crippen molar-refractivity contribution in [1.29, 1.82) is 0 Å². The van der Waals surface area contributed by atoms with E-state index in [1.54, 1.807) is 0 Å². The van der Waals surface area contributed by atoms with E-state index < -0.39 is 0 Å². The molecular formula is C22H28N4O2. The highest BCUT2D eigenvalue weighted by Gasteiger charge is 2.31. The number of hydrogen-bond acceptors (Lipinski definition) is 5. The van der Waals surface area contributed by atoms with Crippen molar-refractivity contribution >= 4 is 0 Å². The summed E-state index contributed by atoms with van der Waals surface area (Å²) in [6.07, 6.45) is 5.16. The minimum Gasteiger partial charge on any atom is -0.494 e. The van der Waals surface area contributed by atoms with E-state index in [1.807, 2.05) is 25.3 Å². The molecule has 1 aromatic carbocycles. The largest absolute Gasteiger partial charge is 0.494 e. The van der Waals surface area contributed by atoms with Crippen molar-refractivity contribution in [3.63, 3.8) is 0 Å². The first kappa shape index (κ1) is 18.7. The molecule has 1 atom stereocenters. The molecule has 1 fully saturated rings. The van der Waals surface area contributed by atoms with E-state index in [0.29, 0.717) is 12.6 Å². The third-order valence-corrected chi connectivity index (χ3v) is 5.55. The Morgan fingerprint density at radius 2 is 2.07 bits per heavy atom. The zero-order valence-corrected chi connectivity index (χ0v) is 16.9. The molecule has 0 radical (unpaired) electrons. The standard InChI is InChI=1S/C22H28N4O2/c1-4-20-21(15(3)25-28-20)19-7-6-12-26(19)14-17-13-23-24-22(17)16-8-10-18(11-9-16)27-5-2/h8-11,13,19H,4-7,12,14H2,1-3H3,(H,23,24)/t19-/m0/s1. The number of rotatable bonds is 7. The van der Waals surface area contributed by atoms with Crippen LogP contribution in [0.2, 0.25) is 0 Å². The van der Waals surface area contributed by atoms with E-state index >= 15 is 0 Å². The lowest BCUT2D eigenvalue weighted by Gasteiger charge is -2.24. The molecule has 3 heterocycles. The van der Waals surface area contributed by atoms with Crippen LogP contribution in [-0.2, 0) is 13.0 Å². The van der Waals surface area contributed by atoms with Gasteiger partial charge >= 0.3 is 0 Å². The van der Waals surface area contributed by atoms with E-state index in [9.17, 15) is 0 Å². The molecule has 0 spiro atoms. The molecule has 1 N–H and O–H groups in total. The van der Waals surface area contributed by atoms with Crippen molar-refractivity contribution in [2.45, 2.75) is 52.6 Å². The zero-order valence-electron chi connectivity index (χ0n) is 16.9. The minimum absolute atomic E-state index is 0.365. The van der Waals surface area contributed by atoms with E-state index in [1.165, 1.54) is 17.5 Å². The first-order valence-corrected chi connectivity index (χ1v) is 10.2. The molecule has 0 saturated carbocycles. The Bertz CT molecular complexity index is 913. The highest BCUT2D eigenvalue weighted by Crippen LogP contribution is 2.37. The third-order valence-electron chi connectivity index (χ3n) is 5.55. The van der Waals surface area contributed by atoms with Crippen molar-refractivity contribution in [3.8, 4) is 17.0 Å². The smallest absolute Gasteiger partial charge is 0.141 e. The van der Waals surface area contributed by atoms with Gasteiger partial charge in [0.1, 0.15) is 11.5 Å². The minimum atomic E-state index is 0.365. The summed E-state index contributed by atoms with van der Waals surface area (Å²) in [5.74, 6) is 1.91. The van der Waals surface area contributed by atoms with Crippen LogP contribution < -0.4 is 4.74 Å². The SMILES string of the molecule is CCOc1ccc(-c2[nH]ncc2CN2CCC[C@H]2c2c(C)noc2CC)cc1. The van der Waals surface area contributed by atoms with Crippen LogP contribution in [0.25, 0.3) is 11.3 Å². The second-order valence-electron chi connectivity index (χ2n) is 7.31. The van der Waals surface area contributed by atoms with Crippen LogP contribution in [0.1, 0.15) is 55.3 Å². The Labute approximate surface area is 165 Å². The molecule has 0 amide bonds. The lowest BCUT2D eigenvalue weighted by Crippen LogP contribution is -2.23. The molecule has 0 aliphatic carbocycles. The van der Waals surface area contributed by atoms with Gasteiger partial charge in [0.05, 0.1) is 24.2 Å². The molecule has 28 heavy (non-hydrogen) atoms. The molecule has 4 rings (SSSR count). The van der Waals surface area contributed by atoms with Crippen molar-refractivity contribution in [1.82, 2.24) is 20.3 Å². The van der Waals surface area contributed by atoms with Gasteiger partial charge in [0.15, 0.2) is 0 Å². The van der Waals surface area contributed by atoms with Crippen molar-refractivity contribution in [2.75, 3.05) is 13.2 Å². The van der Waals surface area contributed by atoms with Crippen LogP contribution in [-0.4, -0.2) is 33.4 Å². The number of aromatic amines is 1. The predicted molar refractivity (Wildman–Crippen MR) is 108 cm³/mol. The van der Waals surface area contributed by atoms with Gasteiger partial charge in [0.25, 0.3) is 0 Å². The molecule has 6 heteroatoms. The molecule has 148 valence electrons. The maximum atomic E-state index is 5.56. The fraction of sp³-hybridized carbons (Fsp3) is 0.455. The Hall–Kier alpha value is -2.60. The van der Waals surface area contributed by atoms with E-state index in [0.717, 1.165) is 54.4 Å². The molecule has 2 aromatic heterocycles. The number of ether oxygens (including phenoxy) is 1. The summed E-state index contributed by atoms with van der Waals surface area (Å²) >= 11 is 0. The van der Waals surface area contributed by atoms with Crippen LogP contribution >= 0.6 is 0 Å². The van der Waals surface area contributed by atoms with Crippen LogP contribution in [0, 0.1) is 6.92 Å². The Kier molecular flexibility index (Phi) is 5.48. The summed E-state index contributed by atoms with van der Waals surface area (Å²) in [6.45, 7) is 8.78. The summed E-state index contributed by atoms with van der Waals surface area (Å²) in [5.41, 5.74) is 5.72. The first-order valence-electron chi connectivity index (χ1n) is 10.2.